The highest BCUT2D eigenvalue weighted by Gasteiger charge is 2.07. The highest BCUT2D eigenvalue weighted by atomic mass is 16.3. The van der Waals surface area contributed by atoms with Gasteiger partial charge in [-0.05, 0) is 25.3 Å². The predicted octanol–water partition coefficient (Wildman–Crippen LogP) is 2.95. The van der Waals surface area contributed by atoms with Crippen LogP contribution in [0.4, 0.5) is 0 Å². The molecule has 0 saturated carbocycles. The summed E-state index contributed by atoms with van der Waals surface area (Å²) in [6.45, 7) is 8.43. The Balaban J connectivity index is 3.44. The molecule has 0 fully saturated rings. The highest BCUT2D eigenvalue weighted by Crippen LogP contribution is 2.11. The SMILES string of the molecule is CCCCC(CC)CNCC(O)CCC. The van der Waals surface area contributed by atoms with E-state index in [4.69, 9.17) is 0 Å². The van der Waals surface area contributed by atoms with Crippen molar-refractivity contribution >= 4 is 0 Å². The summed E-state index contributed by atoms with van der Waals surface area (Å²) in [5.74, 6) is 0.791. The standard InChI is InChI=1S/C13H29NO/c1-4-7-9-12(6-3)10-14-11-13(15)8-5-2/h12-15H,4-11H2,1-3H3. The molecular formula is C13H29NO. The second-order valence-corrected chi connectivity index (χ2v) is 4.52. The van der Waals surface area contributed by atoms with Crippen LogP contribution in [0.5, 0.6) is 0 Å². The van der Waals surface area contributed by atoms with Gasteiger partial charge in [0, 0.05) is 6.54 Å². The topological polar surface area (TPSA) is 32.3 Å². The molecule has 0 rings (SSSR count). The van der Waals surface area contributed by atoms with Crippen LogP contribution in [-0.2, 0) is 0 Å². The Hall–Kier alpha value is -0.0800. The lowest BCUT2D eigenvalue weighted by Crippen LogP contribution is -2.30. The third-order valence-corrected chi connectivity index (χ3v) is 2.98. The number of rotatable bonds is 10. The Morgan fingerprint density at radius 3 is 2.27 bits per heavy atom. The fourth-order valence-corrected chi connectivity index (χ4v) is 1.83. The summed E-state index contributed by atoms with van der Waals surface area (Å²) in [4.78, 5) is 0. The molecule has 0 aliphatic rings. The third-order valence-electron chi connectivity index (χ3n) is 2.98. The summed E-state index contributed by atoms with van der Waals surface area (Å²) in [5, 5.41) is 12.9. The van der Waals surface area contributed by atoms with E-state index in [-0.39, 0.29) is 6.10 Å². The molecule has 0 amide bonds. The molecule has 2 nitrogen and oxygen atoms in total. The van der Waals surface area contributed by atoms with Gasteiger partial charge in [-0.15, -0.1) is 0 Å². The number of hydrogen-bond donors (Lipinski definition) is 2. The minimum absolute atomic E-state index is 0.154. The Morgan fingerprint density at radius 2 is 1.73 bits per heavy atom. The van der Waals surface area contributed by atoms with Crippen LogP contribution in [0.1, 0.15) is 59.3 Å². The molecule has 0 spiro atoms. The molecule has 2 N–H and O–H groups in total. The lowest BCUT2D eigenvalue weighted by Gasteiger charge is -2.17. The van der Waals surface area contributed by atoms with Crippen LogP contribution in [0.25, 0.3) is 0 Å². The number of nitrogens with one attached hydrogen (secondary N) is 1. The number of unbranched alkanes of at least 4 members (excludes halogenated alkanes) is 1. The third kappa shape index (κ3) is 8.88. The molecule has 0 heterocycles. The fourth-order valence-electron chi connectivity index (χ4n) is 1.83. The Morgan fingerprint density at radius 1 is 1.00 bits per heavy atom. The van der Waals surface area contributed by atoms with Crippen molar-refractivity contribution in [1.29, 1.82) is 0 Å². The van der Waals surface area contributed by atoms with Crippen LogP contribution >= 0.6 is 0 Å². The highest BCUT2D eigenvalue weighted by molar-refractivity contribution is 4.64. The van der Waals surface area contributed by atoms with Gasteiger partial charge in [0.2, 0.25) is 0 Å². The molecule has 0 bridgehead atoms. The lowest BCUT2D eigenvalue weighted by molar-refractivity contribution is 0.158. The predicted molar refractivity (Wildman–Crippen MR) is 67.1 cm³/mol. The van der Waals surface area contributed by atoms with Crippen LogP contribution < -0.4 is 5.32 Å². The van der Waals surface area contributed by atoms with Gasteiger partial charge in [0.25, 0.3) is 0 Å². The second-order valence-electron chi connectivity index (χ2n) is 4.52. The average Bonchev–Trinajstić information content (AvgIpc) is 2.23. The molecule has 0 saturated heterocycles. The van der Waals surface area contributed by atoms with Crippen LogP contribution in [0.2, 0.25) is 0 Å². The van der Waals surface area contributed by atoms with Crippen molar-refractivity contribution < 1.29 is 5.11 Å². The van der Waals surface area contributed by atoms with Gasteiger partial charge in [0.05, 0.1) is 6.10 Å². The summed E-state index contributed by atoms with van der Waals surface area (Å²) in [5.41, 5.74) is 0. The van der Waals surface area contributed by atoms with Crippen molar-refractivity contribution in [3.63, 3.8) is 0 Å². The van der Waals surface area contributed by atoms with E-state index < -0.39 is 0 Å². The molecule has 15 heavy (non-hydrogen) atoms. The molecule has 0 aromatic carbocycles. The molecule has 0 aliphatic heterocycles. The van der Waals surface area contributed by atoms with Gasteiger partial charge in [-0.25, -0.2) is 0 Å². The Bertz CT molecular complexity index is 128. The normalized spacial score (nSPS) is 15.2. The first-order valence-corrected chi connectivity index (χ1v) is 6.63. The van der Waals surface area contributed by atoms with E-state index in [0.717, 1.165) is 31.8 Å². The zero-order chi connectivity index (χ0) is 11.5. The molecule has 2 unspecified atom stereocenters. The summed E-state index contributed by atoms with van der Waals surface area (Å²) >= 11 is 0. The first-order chi connectivity index (χ1) is 7.24. The quantitative estimate of drug-likeness (QED) is 0.587. The number of aliphatic hydroxyl groups is 1. The molecular weight excluding hydrogens is 186 g/mol. The maximum absolute atomic E-state index is 9.55. The van der Waals surface area contributed by atoms with Crippen molar-refractivity contribution in [2.75, 3.05) is 13.1 Å². The summed E-state index contributed by atoms with van der Waals surface area (Å²) in [6, 6.07) is 0. The van der Waals surface area contributed by atoms with E-state index >= 15 is 0 Å². The van der Waals surface area contributed by atoms with Crippen molar-refractivity contribution in [3.05, 3.63) is 0 Å². The van der Waals surface area contributed by atoms with E-state index in [1.165, 1.54) is 25.7 Å². The molecule has 0 aliphatic carbocycles. The average molecular weight is 215 g/mol. The summed E-state index contributed by atoms with van der Waals surface area (Å²) < 4.78 is 0. The van der Waals surface area contributed by atoms with Crippen molar-refractivity contribution in [2.45, 2.75) is 65.4 Å². The van der Waals surface area contributed by atoms with Crippen molar-refractivity contribution in [2.24, 2.45) is 5.92 Å². The van der Waals surface area contributed by atoms with Crippen LogP contribution in [0.15, 0.2) is 0 Å². The molecule has 2 atom stereocenters. The fraction of sp³-hybridized carbons (Fsp3) is 1.00. The molecule has 0 radical (unpaired) electrons. The Kier molecular flexibility index (Phi) is 10.4. The van der Waals surface area contributed by atoms with E-state index in [9.17, 15) is 5.11 Å². The number of hydrogen-bond acceptors (Lipinski definition) is 2. The minimum atomic E-state index is -0.154. The molecule has 0 aromatic heterocycles. The zero-order valence-corrected chi connectivity index (χ0v) is 10.8. The van der Waals surface area contributed by atoms with Gasteiger partial charge < -0.3 is 10.4 Å². The van der Waals surface area contributed by atoms with Gasteiger partial charge in [-0.1, -0.05) is 46.5 Å². The van der Waals surface area contributed by atoms with E-state index in [2.05, 4.69) is 26.1 Å². The molecule has 2 heteroatoms. The van der Waals surface area contributed by atoms with Gasteiger partial charge in [0.1, 0.15) is 0 Å². The monoisotopic (exact) mass is 215 g/mol. The maximum Gasteiger partial charge on any atom is 0.0664 e. The summed E-state index contributed by atoms with van der Waals surface area (Å²) in [6.07, 6.45) is 7.01. The van der Waals surface area contributed by atoms with Crippen LogP contribution in [0.3, 0.4) is 0 Å². The van der Waals surface area contributed by atoms with E-state index in [0.29, 0.717) is 0 Å². The van der Waals surface area contributed by atoms with Gasteiger partial charge >= 0.3 is 0 Å². The second kappa shape index (κ2) is 10.4. The first-order valence-electron chi connectivity index (χ1n) is 6.63. The molecule has 92 valence electrons. The van der Waals surface area contributed by atoms with Gasteiger partial charge in [0.15, 0.2) is 0 Å². The zero-order valence-electron chi connectivity index (χ0n) is 10.8. The van der Waals surface area contributed by atoms with Crippen molar-refractivity contribution in [1.82, 2.24) is 5.32 Å². The first kappa shape index (κ1) is 14.9. The summed E-state index contributed by atoms with van der Waals surface area (Å²) in [7, 11) is 0. The van der Waals surface area contributed by atoms with Crippen LogP contribution in [0, 0.1) is 5.92 Å². The van der Waals surface area contributed by atoms with Gasteiger partial charge in [-0.3, -0.25) is 0 Å². The van der Waals surface area contributed by atoms with E-state index in [1.54, 1.807) is 0 Å². The number of aliphatic hydroxyl groups excluding tert-OH is 1. The van der Waals surface area contributed by atoms with Crippen molar-refractivity contribution in [3.8, 4) is 0 Å². The largest absolute Gasteiger partial charge is 0.392 e. The molecule has 0 aromatic rings. The minimum Gasteiger partial charge on any atom is -0.392 e. The van der Waals surface area contributed by atoms with Gasteiger partial charge in [-0.2, -0.15) is 0 Å². The maximum atomic E-state index is 9.55. The van der Waals surface area contributed by atoms with Crippen LogP contribution in [-0.4, -0.2) is 24.3 Å². The lowest BCUT2D eigenvalue weighted by atomic mass is 9.99. The van der Waals surface area contributed by atoms with E-state index in [1.807, 2.05) is 0 Å². The smallest absolute Gasteiger partial charge is 0.0664 e. The Labute approximate surface area is 95.5 Å².